The van der Waals surface area contributed by atoms with Gasteiger partial charge in [-0.15, -0.1) is 0 Å². The van der Waals surface area contributed by atoms with Crippen LogP contribution in [-0.2, 0) is 47.4 Å². The van der Waals surface area contributed by atoms with Crippen molar-refractivity contribution < 1.29 is 124 Å². The van der Waals surface area contributed by atoms with E-state index in [1.807, 2.05) is 20.8 Å². The number of hydrogen-bond donors (Lipinski definition) is 15. The van der Waals surface area contributed by atoms with Crippen molar-refractivity contribution >= 4 is 5.78 Å². The minimum absolute atomic E-state index is 0.00416. The molecule has 0 radical (unpaired) electrons. The molecule has 76 heavy (non-hydrogen) atoms. The van der Waals surface area contributed by atoms with Crippen LogP contribution in [-0.4, -0.2) is 256 Å². The lowest BCUT2D eigenvalue weighted by atomic mass is 9.46. The number of carbonyl (C=O) groups is 1. The van der Waals surface area contributed by atoms with Crippen LogP contribution < -0.4 is 0 Å². The molecule has 3 saturated carbocycles. The number of aliphatic hydroxyl groups is 15. The highest BCUT2D eigenvalue weighted by atomic mass is 16.8. The van der Waals surface area contributed by atoms with E-state index >= 15 is 0 Å². The van der Waals surface area contributed by atoms with Crippen LogP contribution in [0.25, 0.3) is 0 Å². The van der Waals surface area contributed by atoms with Crippen LogP contribution in [0.4, 0.5) is 0 Å². The molecule has 0 amide bonds. The number of fused-ring (bicyclic) bond motifs is 7. The largest absolute Gasteiger partial charge is 0.394 e. The maximum absolute atomic E-state index is 14.7. The van der Waals surface area contributed by atoms with E-state index in [-0.39, 0.29) is 65.8 Å². The molecular formula is C51H82O25. The fourth-order valence-corrected chi connectivity index (χ4v) is 14.7. The molecule has 0 aromatic carbocycles. The number of carbonyl (C=O) groups excluding carboxylic acids is 1. The van der Waals surface area contributed by atoms with Crippen LogP contribution in [0.3, 0.4) is 0 Å². The molecule has 31 atom stereocenters. The van der Waals surface area contributed by atoms with Gasteiger partial charge in [0.15, 0.2) is 30.9 Å². The van der Waals surface area contributed by atoms with Crippen LogP contribution in [0.2, 0.25) is 0 Å². The standard InChI is InChI=1S/C51H82O25/c1-19(18-68-45-40(64)36(60)33(57)27(14-52)70-45)7-10-51(67)20(2)32-26(76-51)12-25-23-6-5-21-11-22(8-9-49(21,3)24(23)13-31(56)50(25,32)4)69-46-42(66)39(63)43(30(17-55)73-46)74-48-44(38(62)35(59)29(16-54)72-48)75-47-41(65)37(61)34(58)28(15-53)71-47/h5,19-20,22-30,32-48,52-55,57-67H,6-18H2,1-4H3/t19-,20+,22+,23-,24+,25+,26+,27-,28-,29-,30-,32+,33-,34-,35-,36+,37+,38+,39-,40-,41-,42-,43+,44-,45-,46-,47+,48+,49+,50-,51-/m1/s1. The summed E-state index contributed by atoms with van der Waals surface area (Å²) in [5, 5.41) is 159. The Morgan fingerprint density at radius 3 is 1.80 bits per heavy atom. The summed E-state index contributed by atoms with van der Waals surface area (Å²) >= 11 is 0. The summed E-state index contributed by atoms with van der Waals surface area (Å²) in [7, 11) is 0. The Hall–Kier alpha value is -1.55. The quantitative estimate of drug-likeness (QED) is 0.0645. The van der Waals surface area contributed by atoms with Gasteiger partial charge in [0.05, 0.1) is 45.2 Å². The first-order valence-corrected chi connectivity index (χ1v) is 27.0. The van der Waals surface area contributed by atoms with Crippen molar-refractivity contribution in [1.82, 2.24) is 0 Å². The second-order valence-corrected chi connectivity index (χ2v) is 23.7. The minimum Gasteiger partial charge on any atom is -0.394 e. The Morgan fingerprint density at radius 1 is 0.645 bits per heavy atom. The Morgan fingerprint density at radius 2 is 1.17 bits per heavy atom. The molecule has 5 heterocycles. The molecule has 0 unspecified atom stereocenters. The van der Waals surface area contributed by atoms with Gasteiger partial charge in [-0.2, -0.15) is 0 Å². The fourth-order valence-electron chi connectivity index (χ4n) is 14.7. The van der Waals surface area contributed by atoms with Crippen LogP contribution in [0.5, 0.6) is 0 Å². The average Bonchev–Trinajstić information content (AvgIpc) is 3.85. The summed E-state index contributed by atoms with van der Waals surface area (Å²) in [6.07, 6.45) is -27.3. The molecule has 436 valence electrons. The maximum atomic E-state index is 14.7. The third-order valence-corrected chi connectivity index (χ3v) is 19.4. The zero-order valence-electron chi connectivity index (χ0n) is 43.2. The lowest BCUT2D eigenvalue weighted by Crippen LogP contribution is -2.67. The van der Waals surface area contributed by atoms with Crippen molar-refractivity contribution in [3.63, 3.8) is 0 Å². The summed E-state index contributed by atoms with van der Waals surface area (Å²) in [4.78, 5) is 14.7. The number of hydrogen-bond acceptors (Lipinski definition) is 25. The van der Waals surface area contributed by atoms with Gasteiger partial charge in [0.2, 0.25) is 0 Å². The van der Waals surface area contributed by atoms with E-state index in [1.165, 1.54) is 0 Å². The average molecular weight is 1100 g/mol. The molecule has 0 bridgehead atoms. The second-order valence-electron chi connectivity index (χ2n) is 23.7. The van der Waals surface area contributed by atoms with E-state index in [0.717, 1.165) is 5.57 Å². The minimum atomic E-state index is -1.94. The van der Waals surface area contributed by atoms with Crippen LogP contribution >= 0.6 is 0 Å². The molecule has 8 fully saturated rings. The first-order valence-electron chi connectivity index (χ1n) is 27.0. The molecule has 0 aromatic heterocycles. The zero-order valence-corrected chi connectivity index (χ0v) is 43.2. The van der Waals surface area contributed by atoms with Gasteiger partial charge < -0.3 is 119 Å². The number of rotatable bonds is 16. The van der Waals surface area contributed by atoms with Crippen LogP contribution in [0.15, 0.2) is 11.6 Å². The highest BCUT2D eigenvalue weighted by Gasteiger charge is 2.71. The van der Waals surface area contributed by atoms with Gasteiger partial charge in [0.1, 0.15) is 103 Å². The summed E-state index contributed by atoms with van der Waals surface area (Å²) in [5.41, 5.74) is 0.00157. The van der Waals surface area contributed by atoms with Gasteiger partial charge in [-0.05, 0) is 67.6 Å². The Bertz CT molecular complexity index is 2020. The predicted octanol–water partition coefficient (Wildman–Crippen LogP) is -4.86. The van der Waals surface area contributed by atoms with Gasteiger partial charge in [0, 0.05) is 30.1 Å². The van der Waals surface area contributed by atoms with Crippen LogP contribution in [0.1, 0.15) is 79.1 Å². The number of ketones is 1. The molecule has 9 rings (SSSR count). The molecule has 0 aromatic rings. The van der Waals surface area contributed by atoms with Gasteiger partial charge in [-0.3, -0.25) is 4.79 Å². The molecule has 5 aliphatic heterocycles. The van der Waals surface area contributed by atoms with Crippen molar-refractivity contribution in [2.24, 2.45) is 46.3 Å². The van der Waals surface area contributed by atoms with Crippen molar-refractivity contribution in [2.75, 3.05) is 33.0 Å². The van der Waals surface area contributed by atoms with Crippen LogP contribution in [0, 0.1) is 46.3 Å². The molecule has 4 aliphatic carbocycles. The molecule has 15 N–H and O–H groups in total. The van der Waals surface area contributed by atoms with E-state index in [1.54, 1.807) is 0 Å². The van der Waals surface area contributed by atoms with Crippen molar-refractivity contribution in [3.05, 3.63) is 11.6 Å². The molecular weight excluding hydrogens is 1010 g/mol. The van der Waals surface area contributed by atoms with Gasteiger partial charge in [0.25, 0.3) is 0 Å². The third kappa shape index (κ3) is 10.3. The van der Waals surface area contributed by atoms with E-state index in [2.05, 4.69) is 13.0 Å². The Balaban J connectivity index is 0.810. The van der Waals surface area contributed by atoms with Crippen molar-refractivity contribution in [1.29, 1.82) is 0 Å². The van der Waals surface area contributed by atoms with Crippen molar-refractivity contribution in [3.8, 4) is 0 Å². The van der Waals surface area contributed by atoms with E-state index in [0.29, 0.717) is 44.9 Å². The van der Waals surface area contributed by atoms with Gasteiger partial charge in [-0.25, -0.2) is 0 Å². The molecule has 9 aliphatic rings. The third-order valence-electron chi connectivity index (χ3n) is 19.4. The molecule has 25 nitrogen and oxygen atoms in total. The van der Waals surface area contributed by atoms with Gasteiger partial charge >= 0.3 is 0 Å². The lowest BCUT2D eigenvalue weighted by Gasteiger charge is -2.57. The maximum Gasteiger partial charge on any atom is 0.187 e. The van der Waals surface area contributed by atoms with Gasteiger partial charge in [-0.1, -0.05) is 39.3 Å². The summed E-state index contributed by atoms with van der Waals surface area (Å²) in [6.45, 7) is 5.20. The number of Topliss-reactive ketones (excluding diaryl/α,β-unsaturated/α-hetero) is 1. The lowest BCUT2D eigenvalue weighted by molar-refractivity contribution is -0.390. The highest BCUT2D eigenvalue weighted by molar-refractivity contribution is 5.87. The highest BCUT2D eigenvalue weighted by Crippen LogP contribution is 2.69. The second kappa shape index (κ2) is 23.0. The first kappa shape index (κ1) is 59.1. The molecule has 25 heteroatoms. The predicted molar refractivity (Wildman–Crippen MR) is 252 cm³/mol. The summed E-state index contributed by atoms with van der Waals surface area (Å²) < 4.78 is 53.1. The topological polar surface area (TPSA) is 404 Å². The van der Waals surface area contributed by atoms with E-state index < -0.39 is 167 Å². The molecule has 5 saturated heterocycles. The zero-order chi connectivity index (χ0) is 55.1. The number of ether oxygens (including phenoxy) is 9. The molecule has 0 spiro atoms. The normalized spacial score (nSPS) is 53.8. The SMILES string of the molecule is C[C@H](CC[C@@]1(O)O[C@H]2C[C@H]3[C@@H]4CC=C5C[C@@H](O[C@@H]6O[C@H](CO)[C@H](O[C@@H]7O[C@H](CO)[C@@H](O)[C@H](O)[C@H]7O[C@@H]7O[C@H](CO)[C@@H](O)[C@H](O)[C@H]7O)[C@H](O)[C@H]6O)CC[C@]5(C)[C@H]4CC(=O)[C@]3(C)[C@H]2[C@@H]1C)CO[C@@H]1O[C@H](CO)[C@@H](O)[C@H](O)[C@H]1O. The smallest absolute Gasteiger partial charge is 0.187 e. The Labute approximate surface area is 439 Å². The first-order chi connectivity index (χ1) is 35.9. The van der Waals surface area contributed by atoms with E-state index in [9.17, 15) is 81.4 Å². The Kier molecular flexibility index (Phi) is 17.9. The fraction of sp³-hybridized carbons (Fsp3) is 0.941. The van der Waals surface area contributed by atoms with Crippen molar-refractivity contribution in [2.45, 2.75) is 220 Å². The summed E-state index contributed by atoms with van der Waals surface area (Å²) in [6, 6.07) is 0. The monoisotopic (exact) mass is 1090 g/mol. The summed E-state index contributed by atoms with van der Waals surface area (Å²) in [5.74, 6) is -1.91. The number of aliphatic hydroxyl groups excluding tert-OH is 14. The van der Waals surface area contributed by atoms with E-state index in [4.69, 9.17) is 42.6 Å². The number of allylic oxidation sites excluding steroid dienone is 1.